The van der Waals surface area contributed by atoms with Crippen molar-refractivity contribution in [2.75, 3.05) is 19.6 Å². The van der Waals surface area contributed by atoms with Gasteiger partial charge >= 0.3 is 0 Å². The Morgan fingerprint density at radius 1 is 1.30 bits per heavy atom. The lowest BCUT2D eigenvalue weighted by molar-refractivity contribution is 0.158. The third kappa shape index (κ3) is 5.28. The van der Waals surface area contributed by atoms with E-state index in [0.29, 0.717) is 5.92 Å². The van der Waals surface area contributed by atoms with Crippen molar-refractivity contribution < 1.29 is 8.42 Å². The van der Waals surface area contributed by atoms with Crippen molar-refractivity contribution in [1.29, 1.82) is 0 Å². The standard InChI is InChI=1S/C20H28N4O2S/c1-3-18-14-24(12-7-10-17-8-5-4-6-9-17)13-11-19(18)22-27(25,26)20-15-23(2)16-21-20/h4-10,15-16,18-19,22H,3,11-14H2,1-2H3/t18-,19+/m1/s1. The van der Waals surface area contributed by atoms with E-state index in [1.807, 2.05) is 18.2 Å². The van der Waals surface area contributed by atoms with Gasteiger partial charge in [-0.2, -0.15) is 0 Å². The highest BCUT2D eigenvalue weighted by Gasteiger charge is 2.31. The van der Waals surface area contributed by atoms with Gasteiger partial charge in [0.1, 0.15) is 0 Å². The lowest BCUT2D eigenvalue weighted by atomic mass is 9.91. The van der Waals surface area contributed by atoms with E-state index in [-0.39, 0.29) is 11.1 Å². The molecular weight excluding hydrogens is 360 g/mol. The monoisotopic (exact) mass is 388 g/mol. The molecule has 2 aromatic rings. The Morgan fingerprint density at radius 3 is 2.74 bits per heavy atom. The molecule has 1 N–H and O–H groups in total. The van der Waals surface area contributed by atoms with Crippen LogP contribution in [0.15, 0.2) is 54.0 Å². The molecule has 2 atom stereocenters. The first-order valence-corrected chi connectivity index (χ1v) is 10.9. The molecule has 146 valence electrons. The summed E-state index contributed by atoms with van der Waals surface area (Å²) in [6.07, 6.45) is 9.11. The van der Waals surface area contributed by atoms with Gasteiger partial charge in [0.2, 0.25) is 0 Å². The van der Waals surface area contributed by atoms with Crippen LogP contribution in [0.1, 0.15) is 25.3 Å². The van der Waals surface area contributed by atoms with Crippen LogP contribution in [0.5, 0.6) is 0 Å². The SMILES string of the molecule is CC[C@@H]1CN(CC=Cc2ccccc2)CC[C@@H]1NS(=O)(=O)c1cn(C)cn1. The summed E-state index contributed by atoms with van der Waals surface area (Å²) in [7, 11) is -1.80. The van der Waals surface area contributed by atoms with E-state index >= 15 is 0 Å². The number of imidazole rings is 1. The maximum atomic E-state index is 12.6. The Labute approximate surface area is 162 Å². The van der Waals surface area contributed by atoms with Crippen molar-refractivity contribution in [2.45, 2.75) is 30.8 Å². The van der Waals surface area contributed by atoms with Crippen LogP contribution in [0.25, 0.3) is 6.08 Å². The van der Waals surface area contributed by atoms with Crippen molar-refractivity contribution in [1.82, 2.24) is 19.2 Å². The van der Waals surface area contributed by atoms with Crippen molar-refractivity contribution >= 4 is 16.1 Å². The van der Waals surface area contributed by atoms with Gasteiger partial charge in [-0.15, -0.1) is 0 Å². The molecule has 0 spiro atoms. The molecule has 2 heterocycles. The van der Waals surface area contributed by atoms with E-state index in [1.165, 1.54) is 18.1 Å². The summed E-state index contributed by atoms with van der Waals surface area (Å²) < 4.78 is 29.7. The Bertz CT molecular complexity index is 861. The summed E-state index contributed by atoms with van der Waals surface area (Å²) in [5.41, 5.74) is 1.20. The second-order valence-electron chi connectivity index (χ2n) is 7.13. The number of aryl methyl sites for hydroxylation is 1. The van der Waals surface area contributed by atoms with E-state index in [9.17, 15) is 8.42 Å². The van der Waals surface area contributed by atoms with Gasteiger partial charge in [0.05, 0.1) is 6.33 Å². The van der Waals surface area contributed by atoms with Crippen molar-refractivity contribution in [2.24, 2.45) is 13.0 Å². The number of hydrogen-bond acceptors (Lipinski definition) is 4. The van der Waals surface area contributed by atoms with Gasteiger partial charge in [-0.05, 0) is 17.9 Å². The normalized spacial score (nSPS) is 21.7. The molecule has 1 aromatic heterocycles. The van der Waals surface area contributed by atoms with Crippen LogP contribution >= 0.6 is 0 Å². The minimum atomic E-state index is -3.57. The minimum Gasteiger partial charge on any atom is -0.339 e. The first-order chi connectivity index (χ1) is 13.0. The average molecular weight is 389 g/mol. The molecule has 27 heavy (non-hydrogen) atoms. The van der Waals surface area contributed by atoms with Crippen LogP contribution in [-0.2, 0) is 17.1 Å². The summed E-state index contributed by atoms with van der Waals surface area (Å²) in [5, 5.41) is 0.0908. The molecule has 3 rings (SSSR count). The molecule has 1 aliphatic heterocycles. The van der Waals surface area contributed by atoms with Crippen LogP contribution in [0.4, 0.5) is 0 Å². The number of benzene rings is 1. The first-order valence-electron chi connectivity index (χ1n) is 9.42. The number of piperidine rings is 1. The van der Waals surface area contributed by atoms with Gasteiger partial charge in [0, 0.05) is 38.9 Å². The Kier molecular flexibility index (Phi) is 6.46. The Hall–Kier alpha value is -1.96. The van der Waals surface area contributed by atoms with Gasteiger partial charge in [-0.25, -0.2) is 18.1 Å². The third-order valence-electron chi connectivity index (χ3n) is 5.08. The zero-order chi connectivity index (χ0) is 19.3. The minimum absolute atomic E-state index is 0.0450. The second-order valence-corrected chi connectivity index (χ2v) is 8.80. The molecule has 7 heteroatoms. The summed E-state index contributed by atoms with van der Waals surface area (Å²) in [4.78, 5) is 6.37. The van der Waals surface area contributed by atoms with E-state index in [2.05, 4.69) is 45.8 Å². The van der Waals surface area contributed by atoms with Crippen LogP contribution in [0, 0.1) is 5.92 Å². The maximum Gasteiger partial charge on any atom is 0.259 e. The third-order valence-corrected chi connectivity index (χ3v) is 6.45. The van der Waals surface area contributed by atoms with Gasteiger partial charge in [-0.1, -0.05) is 55.8 Å². The van der Waals surface area contributed by atoms with E-state index in [1.54, 1.807) is 11.6 Å². The second kappa shape index (κ2) is 8.82. The highest BCUT2D eigenvalue weighted by Crippen LogP contribution is 2.22. The first kappa shape index (κ1) is 19.8. The molecular formula is C20H28N4O2S. The largest absolute Gasteiger partial charge is 0.339 e. The summed E-state index contributed by atoms with van der Waals surface area (Å²) in [5.74, 6) is 0.294. The lowest BCUT2D eigenvalue weighted by Crippen LogP contribution is -2.50. The molecule has 6 nitrogen and oxygen atoms in total. The molecule has 1 fully saturated rings. The molecule has 0 radical (unpaired) electrons. The fraction of sp³-hybridized carbons (Fsp3) is 0.450. The molecule has 0 saturated carbocycles. The van der Waals surface area contributed by atoms with Crippen LogP contribution in [0.3, 0.4) is 0 Å². The van der Waals surface area contributed by atoms with Crippen LogP contribution in [-0.4, -0.2) is 48.5 Å². The number of sulfonamides is 1. The predicted octanol–water partition coefficient (Wildman–Crippen LogP) is 2.51. The smallest absolute Gasteiger partial charge is 0.259 e. The van der Waals surface area contributed by atoms with Gasteiger partial charge in [0.25, 0.3) is 10.0 Å². The van der Waals surface area contributed by atoms with Crippen molar-refractivity contribution in [3.05, 3.63) is 54.5 Å². The van der Waals surface area contributed by atoms with Crippen molar-refractivity contribution in [3.63, 3.8) is 0 Å². The molecule has 0 aliphatic carbocycles. The predicted molar refractivity (Wildman–Crippen MR) is 108 cm³/mol. The van der Waals surface area contributed by atoms with Crippen LogP contribution in [0.2, 0.25) is 0 Å². The van der Waals surface area contributed by atoms with E-state index in [4.69, 9.17) is 0 Å². The van der Waals surface area contributed by atoms with E-state index in [0.717, 1.165) is 32.5 Å². The fourth-order valence-corrected chi connectivity index (χ4v) is 4.85. The number of hydrogen-bond donors (Lipinski definition) is 1. The summed E-state index contributed by atoms with van der Waals surface area (Å²) in [6.45, 7) is 4.78. The number of rotatable bonds is 7. The quantitative estimate of drug-likeness (QED) is 0.791. The summed E-state index contributed by atoms with van der Waals surface area (Å²) in [6, 6.07) is 10.2. The number of nitrogens with one attached hydrogen (secondary N) is 1. The zero-order valence-corrected chi connectivity index (χ0v) is 16.8. The van der Waals surface area contributed by atoms with Crippen LogP contribution < -0.4 is 4.72 Å². The topological polar surface area (TPSA) is 67.2 Å². The zero-order valence-electron chi connectivity index (χ0n) is 16.0. The van der Waals surface area contributed by atoms with Crippen molar-refractivity contribution in [3.8, 4) is 0 Å². The van der Waals surface area contributed by atoms with Gasteiger partial charge < -0.3 is 4.57 Å². The van der Waals surface area contributed by atoms with Gasteiger partial charge in [-0.3, -0.25) is 4.90 Å². The fourth-order valence-electron chi connectivity index (χ4n) is 3.53. The molecule has 1 aromatic carbocycles. The molecule has 1 saturated heterocycles. The van der Waals surface area contributed by atoms with Gasteiger partial charge in [0.15, 0.2) is 5.03 Å². The molecule has 0 amide bonds. The average Bonchev–Trinajstić information content (AvgIpc) is 3.11. The molecule has 0 bridgehead atoms. The Morgan fingerprint density at radius 2 is 2.07 bits per heavy atom. The highest BCUT2D eigenvalue weighted by atomic mass is 32.2. The number of aromatic nitrogens is 2. The lowest BCUT2D eigenvalue weighted by Gasteiger charge is -2.37. The summed E-state index contributed by atoms with van der Waals surface area (Å²) >= 11 is 0. The maximum absolute atomic E-state index is 12.6. The van der Waals surface area contributed by atoms with E-state index < -0.39 is 10.0 Å². The number of nitrogens with zero attached hydrogens (tertiary/aromatic N) is 3. The Balaban J connectivity index is 1.57. The highest BCUT2D eigenvalue weighted by molar-refractivity contribution is 7.89. The number of likely N-dealkylation sites (tertiary alicyclic amines) is 1. The molecule has 1 aliphatic rings. The molecule has 0 unspecified atom stereocenters.